The van der Waals surface area contributed by atoms with Crippen molar-refractivity contribution in [2.24, 2.45) is 10.3 Å². The van der Waals surface area contributed by atoms with Crippen molar-refractivity contribution in [2.75, 3.05) is 11.6 Å². The molecule has 0 saturated heterocycles. The first-order chi connectivity index (χ1) is 8.84. The van der Waals surface area contributed by atoms with E-state index >= 15 is 0 Å². The van der Waals surface area contributed by atoms with Gasteiger partial charge in [-0.2, -0.15) is 5.11 Å². The molecule has 0 radical (unpaired) electrons. The van der Waals surface area contributed by atoms with Gasteiger partial charge in [-0.1, -0.05) is 29.0 Å². The van der Waals surface area contributed by atoms with Gasteiger partial charge in [0.2, 0.25) is 0 Å². The van der Waals surface area contributed by atoms with Crippen molar-refractivity contribution in [1.82, 2.24) is 4.98 Å². The van der Waals surface area contributed by atoms with Gasteiger partial charge in [-0.05, 0) is 30.7 Å². The number of hydrogen-bond acceptors (Lipinski definition) is 4. The Morgan fingerprint density at radius 3 is 2.72 bits per heavy atom. The third kappa shape index (κ3) is 1.97. The van der Waals surface area contributed by atoms with E-state index in [1.807, 2.05) is 17.3 Å². The number of pyridine rings is 1. The predicted molar refractivity (Wildman–Crippen MR) is 70.4 cm³/mol. The number of benzene rings is 1. The van der Waals surface area contributed by atoms with Gasteiger partial charge in [0.1, 0.15) is 6.04 Å². The zero-order valence-corrected chi connectivity index (χ0v) is 10.2. The Morgan fingerprint density at radius 1 is 1.17 bits per heavy atom. The Kier molecular flexibility index (Phi) is 2.76. The quantitative estimate of drug-likeness (QED) is 0.805. The lowest BCUT2D eigenvalue weighted by atomic mass is 10.1. The molecule has 18 heavy (non-hydrogen) atoms. The minimum absolute atomic E-state index is 0.154. The maximum Gasteiger partial charge on any atom is 0.102 e. The van der Waals surface area contributed by atoms with Crippen LogP contribution in [-0.4, -0.2) is 11.5 Å². The second-order valence-electron chi connectivity index (χ2n) is 4.40. The molecule has 0 bridgehead atoms. The van der Waals surface area contributed by atoms with Crippen LogP contribution in [0.5, 0.6) is 0 Å². The maximum atomic E-state index is 4.22. The zero-order valence-electron chi connectivity index (χ0n) is 10.2. The molecule has 1 aromatic carbocycles. The molecule has 2 aromatic rings. The Hall–Kier alpha value is -2.23. The van der Waals surface area contributed by atoms with E-state index in [0.29, 0.717) is 6.54 Å². The minimum atomic E-state index is 0.154. The van der Waals surface area contributed by atoms with Crippen LogP contribution >= 0.6 is 0 Å². The summed E-state index contributed by atoms with van der Waals surface area (Å²) in [6, 6.07) is 12.5. The number of aromatic nitrogens is 1. The van der Waals surface area contributed by atoms with Crippen molar-refractivity contribution < 1.29 is 0 Å². The van der Waals surface area contributed by atoms with E-state index in [-0.39, 0.29) is 6.04 Å². The van der Waals surface area contributed by atoms with E-state index in [1.165, 1.54) is 5.56 Å². The van der Waals surface area contributed by atoms with Crippen molar-refractivity contribution in [3.63, 3.8) is 0 Å². The summed E-state index contributed by atoms with van der Waals surface area (Å²) >= 11 is 0. The lowest BCUT2D eigenvalue weighted by Gasteiger charge is -2.21. The monoisotopic (exact) mass is 238 g/mol. The van der Waals surface area contributed by atoms with Gasteiger partial charge >= 0.3 is 0 Å². The summed E-state index contributed by atoms with van der Waals surface area (Å²) in [6.45, 7) is 2.76. The molecule has 0 spiro atoms. The molecule has 1 atom stereocenters. The van der Waals surface area contributed by atoms with E-state index in [0.717, 1.165) is 11.3 Å². The van der Waals surface area contributed by atoms with Crippen molar-refractivity contribution in [2.45, 2.75) is 13.0 Å². The molecule has 1 aromatic heterocycles. The van der Waals surface area contributed by atoms with Crippen LogP contribution < -0.4 is 5.01 Å². The van der Waals surface area contributed by atoms with Gasteiger partial charge in [0, 0.05) is 12.4 Å². The van der Waals surface area contributed by atoms with Crippen LogP contribution in [0, 0.1) is 6.92 Å². The molecule has 0 aliphatic carbocycles. The van der Waals surface area contributed by atoms with E-state index in [9.17, 15) is 0 Å². The van der Waals surface area contributed by atoms with E-state index in [1.54, 1.807) is 6.20 Å². The summed E-state index contributed by atoms with van der Waals surface area (Å²) in [6.07, 6.45) is 3.66. The third-order valence-corrected chi connectivity index (χ3v) is 3.08. The first-order valence-corrected chi connectivity index (χ1v) is 5.98. The number of hydrogen-bond donors (Lipinski definition) is 0. The summed E-state index contributed by atoms with van der Waals surface area (Å²) in [4.78, 5) is 4.16. The second-order valence-corrected chi connectivity index (χ2v) is 4.40. The molecule has 3 rings (SSSR count). The number of anilines is 1. The van der Waals surface area contributed by atoms with Crippen molar-refractivity contribution >= 4 is 5.69 Å². The van der Waals surface area contributed by atoms with Crippen LogP contribution in [0.15, 0.2) is 59.1 Å². The summed E-state index contributed by atoms with van der Waals surface area (Å²) in [5, 5.41) is 10.3. The Morgan fingerprint density at radius 2 is 2.00 bits per heavy atom. The Bertz CT molecular complexity index is 548. The molecule has 1 aliphatic rings. The van der Waals surface area contributed by atoms with Gasteiger partial charge in [0.05, 0.1) is 12.2 Å². The fraction of sp³-hybridized carbons (Fsp3) is 0.214. The molecule has 0 N–H and O–H groups in total. The molecular formula is C14H14N4. The topological polar surface area (TPSA) is 40.9 Å². The fourth-order valence-corrected chi connectivity index (χ4v) is 2.07. The molecule has 1 aliphatic heterocycles. The summed E-state index contributed by atoms with van der Waals surface area (Å²) < 4.78 is 0. The summed E-state index contributed by atoms with van der Waals surface area (Å²) in [5.41, 5.74) is 3.45. The SMILES string of the molecule is Cc1ccc(N2N=NCC2c2cccnc2)cc1. The lowest BCUT2D eigenvalue weighted by molar-refractivity contribution is 0.728. The minimum Gasteiger partial charge on any atom is -0.264 e. The van der Waals surface area contributed by atoms with Crippen molar-refractivity contribution in [1.29, 1.82) is 0 Å². The molecule has 90 valence electrons. The van der Waals surface area contributed by atoms with Crippen molar-refractivity contribution in [3.05, 3.63) is 59.9 Å². The molecular weight excluding hydrogens is 224 g/mol. The standard InChI is InChI=1S/C14H14N4/c1-11-4-6-13(7-5-11)18-14(10-16-17-18)12-3-2-8-15-9-12/h2-9,14H,10H2,1H3. The first kappa shape index (κ1) is 10.9. The molecule has 0 fully saturated rings. The molecule has 0 saturated carbocycles. The van der Waals surface area contributed by atoms with E-state index in [4.69, 9.17) is 0 Å². The van der Waals surface area contributed by atoms with Crippen LogP contribution in [0.3, 0.4) is 0 Å². The van der Waals surface area contributed by atoms with Crippen molar-refractivity contribution in [3.8, 4) is 0 Å². The van der Waals surface area contributed by atoms with Crippen LogP contribution in [0.4, 0.5) is 5.69 Å². The van der Waals surface area contributed by atoms with Gasteiger partial charge < -0.3 is 0 Å². The van der Waals surface area contributed by atoms with Crippen LogP contribution in [0.1, 0.15) is 17.2 Å². The summed E-state index contributed by atoms with van der Waals surface area (Å²) in [7, 11) is 0. The Balaban J connectivity index is 1.91. The molecule has 4 heteroatoms. The van der Waals surface area contributed by atoms with Crippen LogP contribution in [0.25, 0.3) is 0 Å². The molecule has 2 heterocycles. The second kappa shape index (κ2) is 4.56. The predicted octanol–water partition coefficient (Wildman–Crippen LogP) is 3.32. The normalized spacial score (nSPS) is 18.3. The highest BCUT2D eigenvalue weighted by molar-refractivity contribution is 5.49. The van der Waals surface area contributed by atoms with Crippen LogP contribution in [0.2, 0.25) is 0 Å². The van der Waals surface area contributed by atoms with Crippen LogP contribution in [-0.2, 0) is 0 Å². The largest absolute Gasteiger partial charge is 0.264 e. The van der Waals surface area contributed by atoms with Gasteiger partial charge in [0.25, 0.3) is 0 Å². The number of aryl methyl sites for hydroxylation is 1. The van der Waals surface area contributed by atoms with Gasteiger partial charge in [-0.25, -0.2) is 5.01 Å². The van der Waals surface area contributed by atoms with Gasteiger partial charge in [0.15, 0.2) is 0 Å². The average Bonchev–Trinajstić information content (AvgIpc) is 2.90. The molecule has 4 nitrogen and oxygen atoms in total. The lowest BCUT2D eigenvalue weighted by Crippen LogP contribution is -2.20. The highest BCUT2D eigenvalue weighted by Crippen LogP contribution is 2.31. The number of rotatable bonds is 2. The third-order valence-electron chi connectivity index (χ3n) is 3.08. The van der Waals surface area contributed by atoms with E-state index < -0.39 is 0 Å². The maximum absolute atomic E-state index is 4.22. The highest BCUT2D eigenvalue weighted by atomic mass is 15.6. The highest BCUT2D eigenvalue weighted by Gasteiger charge is 2.25. The van der Waals surface area contributed by atoms with Gasteiger partial charge in [-0.3, -0.25) is 4.98 Å². The summed E-state index contributed by atoms with van der Waals surface area (Å²) in [5.74, 6) is 0. The first-order valence-electron chi connectivity index (χ1n) is 5.98. The smallest absolute Gasteiger partial charge is 0.102 e. The number of nitrogens with zero attached hydrogens (tertiary/aromatic N) is 4. The molecule has 0 amide bonds. The average molecular weight is 238 g/mol. The van der Waals surface area contributed by atoms with E-state index in [2.05, 4.69) is 52.6 Å². The fourth-order valence-electron chi connectivity index (χ4n) is 2.07. The zero-order chi connectivity index (χ0) is 12.4. The Labute approximate surface area is 106 Å². The van der Waals surface area contributed by atoms with Gasteiger partial charge in [-0.15, -0.1) is 0 Å². The molecule has 1 unspecified atom stereocenters.